The van der Waals surface area contributed by atoms with Gasteiger partial charge in [0.2, 0.25) is 11.7 Å². The first-order valence-electron chi connectivity index (χ1n) is 7.31. The van der Waals surface area contributed by atoms with Gasteiger partial charge in [0.05, 0.1) is 17.2 Å². The average molecular weight is 307 g/mol. The summed E-state index contributed by atoms with van der Waals surface area (Å²) in [5, 5.41) is 0. The molecule has 0 saturated heterocycles. The molecule has 2 rings (SSSR count). The lowest BCUT2D eigenvalue weighted by molar-refractivity contribution is 0.0489. The molecule has 0 fully saturated rings. The van der Waals surface area contributed by atoms with Crippen LogP contribution < -0.4 is 0 Å². The number of aryl methyl sites for hydroxylation is 1. The minimum atomic E-state index is -0.431. The van der Waals surface area contributed by atoms with Gasteiger partial charge < -0.3 is 9.15 Å². The van der Waals surface area contributed by atoms with Gasteiger partial charge >= 0.3 is 5.97 Å². The van der Waals surface area contributed by atoms with E-state index in [0.717, 1.165) is 11.3 Å². The molecular formula is C16H21NO3S. The summed E-state index contributed by atoms with van der Waals surface area (Å²) in [4.78, 5) is 18.7. The Hall–Kier alpha value is -1.62. The van der Waals surface area contributed by atoms with E-state index >= 15 is 0 Å². The molecule has 0 spiro atoms. The van der Waals surface area contributed by atoms with E-state index in [4.69, 9.17) is 9.15 Å². The summed E-state index contributed by atoms with van der Waals surface area (Å²) in [5.41, 5.74) is 0.685. The third-order valence-electron chi connectivity index (χ3n) is 2.98. The zero-order chi connectivity index (χ0) is 15.4. The summed E-state index contributed by atoms with van der Waals surface area (Å²) in [6.07, 6.45) is 1.68. The Morgan fingerprint density at radius 1 is 1.38 bits per heavy atom. The van der Waals surface area contributed by atoms with Gasteiger partial charge in [-0.05, 0) is 37.8 Å². The number of esters is 1. The van der Waals surface area contributed by atoms with Crippen molar-refractivity contribution in [3.8, 4) is 10.8 Å². The van der Waals surface area contributed by atoms with Crippen LogP contribution in [0.4, 0.5) is 0 Å². The summed E-state index contributed by atoms with van der Waals surface area (Å²) in [6.45, 7) is 8.39. The largest absolute Gasteiger partial charge is 0.460 e. The predicted octanol–water partition coefficient (Wildman–Crippen LogP) is 4.34. The van der Waals surface area contributed by atoms with Crippen molar-refractivity contribution in [1.82, 2.24) is 4.98 Å². The smallest absolute Gasteiger partial charge is 0.376 e. The lowest BCUT2D eigenvalue weighted by atomic mass is 10.1. The summed E-state index contributed by atoms with van der Waals surface area (Å²) < 4.78 is 10.8. The van der Waals surface area contributed by atoms with Crippen molar-refractivity contribution < 1.29 is 13.9 Å². The van der Waals surface area contributed by atoms with E-state index < -0.39 is 5.97 Å². The van der Waals surface area contributed by atoms with Gasteiger partial charge in [-0.2, -0.15) is 0 Å². The number of ether oxygens (including phenoxy) is 1. The quantitative estimate of drug-likeness (QED) is 0.745. The van der Waals surface area contributed by atoms with Gasteiger partial charge in [0.15, 0.2) is 0 Å². The Kier molecular flexibility index (Phi) is 5.17. The van der Waals surface area contributed by atoms with E-state index in [2.05, 4.69) is 31.8 Å². The highest BCUT2D eigenvalue weighted by Gasteiger charge is 2.23. The monoisotopic (exact) mass is 307 g/mol. The highest BCUT2D eigenvalue weighted by molar-refractivity contribution is 7.15. The van der Waals surface area contributed by atoms with Crippen LogP contribution in [-0.4, -0.2) is 17.6 Å². The second-order valence-corrected chi connectivity index (χ2v) is 6.40. The molecule has 0 aliphatic heterocycles. The minimum absolute atomic E-state index is 0.243. The SMILES string of the molecule is CCOC(=O)c1oc(-c2ccc(CC)s2)nc1CC(C)C. The van der Waals surface area contributed by atoms with Crippen molar-refractivity contribution in [2.24, 2.45) is 5.92 Å². The van der Waals surface area contributed by atoms with E-state index in [1.807, 2.05) is 6.07 Å². The van der Waals surface area contributed by atoms with E-state index in [1.54, 1.807) is 18.3 Å². The maximum absolute atomic E-state index is 12.0. The summed E-state index contributed by atoms with van der Waals surface area (Å²) in [7, 11) is 0. The van der Waals surface area contributed by atoms with Crippen molar-refractivity contribution in [2.75, 3.05) is 6.61 Å². The lowest BCUT2D eigenvalue weighted by Gasteiger charge is -2.02. The number of rotatable bonds is 6. The number of oxazole rings is 1. The summed E-state index contributed by atoms with van der Waals surface area (Å²) >= 11 is 1.64. The predicted molar refractivity (Wildman–Crippen MR) is 83.7 cm³/mol. The third-order valence-corrected chi connectivity index (χ3v) is 4.20. The highest BCUT2D eigenvalue weighted by Crippen LogP contribution is 2.30. The first-order valence-corrected chi connectivity index (χ1v) is 8.12. The Bertz CT molecular complexity index is 613. The van der Waals surface area contributed by atoms with E-state index in [9.17, 15) is 4.79 Å². The van der Waals surface area contributed by atoms with Crippen molar-refractivity contribution in [2.45, 2.75) is 40.5 Å². The van der Waals surface area contributed by atoms with Gasteiger partial charge in [0.1, 0.15) is 0 Å². The topological polar surface area (TPSA) is 52.3 Å². The molecule has 0 bridgehead atoms. The molecule has 4 nitrogen and oxygen atoms in total. The van der Waals surface area contributed by atoms with Crippen LogP contribution in [0.2, 0.25) is 0 Å². The highest BCUT2D eigenvalue weighted by atomic mass is 32.1. The first kappa shape index (κ1) is 15.8. The molecule has 0 unspecified atom stereocenters. The number of carbonyl (C=O) groups excluding carboxylic acids is 1. The van der Waals surface area contributed by atoms with Crippen LogP contribution >= 0.6 is 11.3 Å². The molecule has 0 aromatic carbocycles. The molecule has 0 aliphatic carbocycles. The van der Waals surface area contributed by atoms with Crippen LogP contribution in [0.5, 0.6) is 0 Å². The molecule has 0 N–H and O–H groups in total. The fraction of sp³-hybridized carbons (Fsp3) is 0.500. The van der Waals surface area contributed by atoms with E-state index in [1.165, 1.54) is 4.88 Å². The van der Waals surface area contributed by atoms with Gasteiger partial charge in [0.25, 0.3) is 0 Å². The molecule has 0 radical (unpaired) electrons. The molecule has 2 heterocycles. The first-order chi connectivity index (χ1) is 10.0. The molecule has 0 saturated carbocycles. The number of thiophene rings is 1. The minimum Gasteiger partial charge on any atom is -0.460 e. The van der Waals surface area contributed by atoms with Gasteiger partial charge in [-0.3, -0.25) is 0 Å². The molecule has 0 atom stereocenters. The Morgan fingerprint density at radius 2 is 2.14 bits per heavy atom. The number of hydrogen-bond acceptors (Lipinski definition) is 5. The van der Waals surface area contributed by atoms with Crippen LogP contribution in [0.25, 0.3) is 10.8 Å². The number of carbonyl (C=O) groups is 1. The standard InChI is InChI=1S/C16H21NO3S/c1-5-11-7-8-13(21-11)15-17-12(9-10(3)4)14(20-15)16(18)19-6-2/h7-8,10H,5-6,9H2,1-4H3. The molecule has 0 aliphatic rings. The molecule has 2 aromatic heterocycles. The average Bonchev–Trinajstić information content (AvgIpc) is 3.04. The maximum Gasteiger partial charge on any atom is 0.376 e. The van der Waals surface area contributed by atoms with Crippen molar-refractivity contribution in [3.05, 3.63) is 28.5 Å². The van der Waals surface area contributed by atoms with Crippen molar-refractivity contribution in [1.29, 1.82) is 0 Å². The molecule has 5 heteroatoms. The van der Waals surface area contributed by atoms with Crippen molar-refractivity contribution >= 4 is 17.3 Å². The van der Waals surface area contributed by atoms with Crippen molar-refractivity contribution in [3.63, 3.8) is 0 Å². The Morgan fingerprint density at radius 3 is 2.71 bits per heavy atom. The maximum atomic E-state index is 12.0. The van der Waals surface area contributed by atoms with E-state index in [0.29, 0.717) is 30.5 Å². The zero-order valence-electron chi connectivity index (χ0n) is 12.9. The van der Waals surface area contributed by atoms with Crippen LogP contribution in [0.15, 0.2) is 16.5 Å². The number of nitrogens with zero attached hydrogens (tertiary/aromatic N) is 1. The fourth-order valence-corrected chi connectivity index (χ4v) is 2.89. The Labute approximate surface area is 129 Å². The van der Waals surface area contributed by atoms with Crippen LogP contribution in [0, 0.1) is 5.92 Å². The van der Waals surface area contributed by atoms with E-state index in [-0.39, 0.29) is 5.76 Å². The third kappa shape index (κ3) is 3.73. The number of aromatic nitrogens is 1. The fourth-order valence-electron chi connectivity index (χ4n) is 2.02. The lowest BCUT2D eigenvalue weighted by Crippen LogP contribution is -2.08. The zero-order valence-corrected chi connectivity index (χ0v) is 13.8. The molecule has 114 valence electrons. The van der Waals surface area contributed by atoms with Gasteiger partial charge in [-0.25, -0.2) is 9.78 Å². The van der Waals surface area contributed by atoms with Gasteiger partial charge in [-0.1, -0.05) is 20.8 Å². The van der Waals surface area contributed by atoms with Crippen LogP contribution in [0.1, 0.15) is 48.8 Å². The molecular weight excluding hydrogens is 286 g/mol. The second kappa shape index (κ2) is 6.89. The molecule has 0 amide bonds. The number of hydrogen-bond donors (Lipinski definition) is 0. The van der Waals surface area contributed by atoms with Gasteiger partial charge in [0, 0.05) is 4.88 Å². The normalized spacial score (nSPS) is 11.1. The van der Waals surface area contributed by atoms with Crippen LogP contribution in [0.3, 0.4) is 0 Å². The summed E-state index contributed by atoms with van der Waals surface area (Å²) in [6, 6.07) is 4.06. The van der Waals surface area contributed by atoms with Crippen LogP contribution in [-0.2, 0) is 17.6 Å². The van der Waals surface area contributed by atoms with Gasteiger partial charge in [-0.15, -0.1) is 11.3 Å². The summed E-state index contributed by atoms with van der Waals surface area (Å²) in [5.74, 6) is 0.718. The molecule has 21 heavy (non-hydrogen) atoms. The Balaban J connectivity index is 2.36. The second-order valence-electron chi connectivity index (χ2n) is 5.23. The molecule has 2 aromatic rings.